The summed E-state index contributed by atoms with van der Waals surface area (Å²) in [7, 11) is 1.54. The summed E-state index contributed by atoms with van der Waals surface area (Å²) in [6, 6.07) is 24.3. The van der Waals surface area contributed by atoms with E-state index >= 15 is 0 Å². The van der Waals surface area contributed by atoms with E-state index in [4.69, 9.17) is 21.5 Å². The van der Waals surface area contributed by atoms with Crippen LogP contribution in [0.2, 0.25) is 0 Å². The third-order valence-corrected chi connectivity index (χ3v) is 10.7. The molecule has 16 heteroatoms. The number of carbonyl (C=O) groups is 3. The SMILES string of the molecule is C.COc1ccc2c(c1)C(=O)N(C[C@@]1(C#Cc3ccc(C4=NCCN4)c(C)c3)NC(=O)NC1=O)C2.Cc1cc(Br)ccc1C#N.Cc1cc(Br)ccc1C1=NCCN1.NCCN. The van der Waals surface area contributed by atoms with Crippen LogP contribution in [-0.4, -0.2) is 92.9 Å². The molecule has 4 aliphatic rings. The van der Waals surface area contributed by atoms with Crippen LogP contribution >= 0.6 is 31.9 Å². The highest BCUT2D eigenvalue weighted by Crippen LogP contribution is 2.29. The van der Waals surface area contributed by atoms with Crippen molar-refractivity contribution < 1.29 is 19.1 Å². The number of ether oxygens (including phenoxy) is 1. The molecule has 4 aliphatic heterocycles. The molecule has 0 saturated carbocycles. The maximum Gasteiger partial charge on any atom is 0.323 e. The number of aliphatic imine (C=N–C) groups is 2. The van der Waals surface area contributed by atoms with E-state index in [1.165, 1.54) is 23.1 Å². The number of fused-ring (bicyclic) bond motifs is 1. The maximum absolute atomic E-state index is 13.0. The van der Waals surface area contributed by atoms with E-state index in [0.717, 1.165) is 74.6 Å². The molecule has 0 radical (unpaired) electrons. The Balaban J connectivity index is 0.000000245. The molecule has 1 fully saturated rings. The van der Waals surface area contributed by atoms with Crippen molar-refractivity contribution >= 4 is 61.4 Å². The van der Waals surface area contributed by atoms with Gasteiger partial charge in [0, 0.05) is 63.9 Å². The summed E-state index contributed by atoms with van der Waals surface area (Å²) in [6.45, 7) is 10.8. The molecule has 4 aromatic carbocycles. The second-order valence-electron chi connectivity index (χ2n) is 14.2. The van der Waals surface area contributed by atoms with E-state index < -0.39 is 17.5 Å². The van der Waals surface area contributed by atoms with Gasteiger partial charge in [-0.1, -0.05) is 57.2 Å². The summed E-state index contributed by atoms with van der Waals surface area (Å²) in [6.07, 6.45) is 0. The predicted octanol–water partition coefficient (Wildman–Crippen LogP) is 5.22. The number of aryl methyl sites for hydroxylation is 3. The van der Waals surface area contributed by atoms with Gasteiger partial charge in [0.15, 0.2) is 0 Å². The predicted molar refractivity (Wildman–Crippen MR) is 251 cm³/mol. The number of imide groups is 1. The van der Waals surface area contributed by atoms with Crippen LogP contribution in [0.3, 0.4) is 0 Å². The lowest BCUT2D eigenvalue weighted by molar-refractivity contribution is -0.122. The van der Waals surface area contributed by atoms with E-state index in [2.05, 4.69) is 100 Å². The quantitative estimate of drug-likeness (QED) is 0.110. The van der Waals surface area contributed by atoms with Crippen molar-refractivity contribution in [1.29, 1.82) is 5.26 Å². The lowest BCUT2D eigenvalue weighted by atomic mass is 9.98. The van der Waals surface area contributed by atoms with E-state index in [-0.39, 0.29) is 19.9 Å². The number of hydrogen-bond donors (Lipinski definition) is 6. The number of nitriles is 1. The molecule has 14 nitrogen and oxygen atoms in total. The molecule has 0 bridgehead atoms. The number of carbonyl (C=O) groups excluding carboxylic acids is 3. The molecule has 0 spiro atoms. The molecular weight excluding hydrogens is 916 g/mol. The van der Waals surface area contributed by atoms with Crippen molar-refractivity contribution in [3.8, 4) is 23.7 Å². The van der Waals surface area contributed by atoms with Crippen molar-refractivity contribution in [2.75, 3.05) is 52.9 Å². The Kier molecular flexibility index (Phi) is 17.8. The van der Waals surface area contributed by atoms with Gasteiger partial charge in [0.25, 0.3) is 11.8 Å². The number of amidine groups is 2. The number of halogens is 2. The van der Waals surface area contributed by atoms with Crippen LogP contribution in [0.5, 0.6) is 5.75 Å². The molecular formula is C46H52Br2N10O4. The topological polar surface area (TPSA) is 212 Å². The van der Waals surface area contributed by atoms with Gasteiger partial charge >= 0.3 is 6.03 Å². The minimum Gasteiger partial charge on any atom is -0.497 e. The number of methoxy groups -OCH3 is 1. The molecule has 0 aliphatic carbocycles. The number of amides is 4. The third-order valence-electron chi connectivity index (χ3n) is 9.73. The Morgan fingerprint density at radius 1 is 0.806 bits per heavy atom. The van der Waals surface area contributed by atoms with Gasteiger partial charge in [-0.05, 0) is 110 Å². The number of nitrogens with zero attached hydrogens (tertiary/aromatic N) is 4. The second kappa shape index (κ2) is 22.7. The molecule has 8 N–H and O–H groups in total. The zero-order chi connectivity index (χ0) is 44.1. The average Bonchev–Trinajstić information content (AvgIpc) is 4.07. The molecule has 1 saturated heterocycles. The van der Waals surface area contributed by atoms with E-state index in [0.29, 0.717) is 36.5 Å². The smallest absolute Gasteiger partial charge is 0.323 e. The average molecular weight is 969 g/mol. The van der Waals surface area contributed by atoms with Crippen LogP contribution < -0.4 is 37.5 Å². The van der Waals surface area contributed by atoms with E-state index in [1.807, 2.05) is 56.3 Å². The van der Waals surface area contributed by atoms with Gasteiger partial charge < -0.3 is 37.1 Å². The fourth-order valence-corrected chi connectivity index (χ4v) is 7.55. The van der Waals surface area contributed by atoms with Crippen LogP contribution in [0.25, 0.3) is 0 Å². The number of nitrogens with one attached hydrogen (secondary N) is 4. The Morgan fingerprint density at radius 3 is 1.90 bits per heavy atom. The largest absolute Gasteiger partial charge is 0.497 e. The summed E-state index contributed by atoms with van der Waals surface area (Å²) in [5.41, 5.74) is 16.5. The van der Waals surface area contributed by atoms with Gasteiger partial charge in [-0.25, -0.2) is 4.79 Å². The molecule has 1 atom stereocenters. The lowest BCUT2D eigenvalue weighted by Crippen LogP contribution is -2.54. The summed E-state index contributed by atoms with van der Waals surface area (Å²) in [5.74, 6) is 7.62. The molecule has 0 unspecified atom stereocenters. The van der Waals surface area contributed by atoms with Gasteiger partial charge in [-0.2, -0.15) is 5.26 Å². The standard InChI is InChI=1S/C25H23N5O4.C10H11BrN2.C8H6BrN.C2H8N2.CH4/c1-15-11-16(3-6-19(15)21-26-9-10-27-21)7-8-25(23(32)28-24(33)29-25)14-30-13-17-4-5-18(34-2)12-20(17)22(30)31;1-7-6-8(11)2-3-9(7)10-12-4-5-13-10;1-6-4-8(9)3-2-7(6)5-10;3-1-2-4;/h3-6,11-12H,9-10,13-14H2,1-2H3,(H,26,27)(H2,28,29,32,33);2-3,6H,4-5H2,1H3,(H,12,13);2-4H,1H3;1-4H2;1H4/t25-;;;;/m1..../s1. The summed E-state index contributed by atoms with van der Waals surface area (Å²) in [5, 5.41) is 20.0. The van der Waals surface area contributed by atoms with E-state index in [9.17, 15) is 14.4 Å². The van der Waals surface area contributed by atoms with Crippen LogP contribution in [0.1, 0.15) is 62.3 Å². The Morgan fingerprint density at radius 2 is 1.40 bits per heavy atom. The maximum atomic E-state index is 13.0. The van der Waals surface area contributed by atoms with Gasteiger partial charge in [-0.3, -0.25) is 24.9 Å². The molecule has 4 aromatic rings. The highest BCUT2D eigenvalue weighted by molar-refractivity contribution is 9.10. The Labute approximate surface area is 380 Å². The number of rotatable bonds is 6. The first kappa shape index (κ1) is 48.6. The zero-order valence-corrected chi connectivity index (χ0v) is 37.6. The molecule has 0 aromatic heterocycles. The minimum atomic E-state index is -1.55. The first-order valence-electron chi connectivity index (χ1n) is 19.4. The first-order valence-corrected chi connectivity index (χ1v) is 21.0. The number of urea groups is 1. The zero-order valence-electron chi connectivity index (χ0n) is 34.4. The summed E-state index contributed by atoms with van der Waals surface area (Å²) in [4.78, 5) is 48.2. The van der Waals surface area contributed by atoms with E-state index in [1.54, 1.807) is 18.2 Å². The van der Waals surface area contributed by atoms with Crippen molar-refractivity contribution in [2.45, 2.75) is 40.3 Å². The Bertz CT molecular complexity index is 2470. The van der Waals surface area contributed by atoms with Gasteiger partial charge in [-0.15, -0.1) is 0 Å². The van der Waals surface area contributed by atoms with Crippen LogP contribution in [0, 0.1) is 43.9 Å². The monoisotopic (exact) mass is 966 g/mol. The normalized spacial score (nSPS) is 16.5. The summed E-state index contributed by atoms with van der Waals surface area (Å²) < 4.78 is 7.36. The van der Waals surface area contributed by atoms with Crippen LogP contribution in [0.15, 0.2) is 91.7 Å². The van der Waals surface area contributed by atoms with Crippen LogP contribution in [-0.2, 0) is 11.3 Å². The van der Waals surface area contributed by atoms with Crippen molar-refractivity contribution in [2.24, 2.45) is 21.5 Å². The highest BCUT2D eigenvalue weighted by Gasteiger charge is 2.48. The molecule has 4 heterocycles. The molecule has 8 rings (SSSR count). The molecule has 62 heavy (non-hydrogen) atoms. The van der Waals surface area contributed by atoms with Gasteiger partial charge in [0.2, 0.25) is 5.54 Å². The summed E-state index contributed by atoms with van der Waals surface area (Å²) >= 11 is 6.76. The minimum absolute atomic E-state index is 0. The van der Waals surface area contributed by atoms with Crippen molar-refractivity contribution in [3.63, 3.8) is 0 Å². The third kappa shape index (κ3) is 12.3. The molecule has 4 amide bonds. The van der Waals surface area contributed by atoms with Crippen molar-refractivity contribution in [3.05, 3.63) is 132 Å². The fraction of sp³-hybridized carbons (Fsp3) is 0.304. The second-order valence-corrected chi connectivity index (χ2v) is 16.0. The first-order chi connectivity index (χ1) is 29.3. The van der Waals surface area contributed by atoms with Gasteiger partial charge in [0.1, 0.15) is 17.4 Å². The number of nitrogens with two attached hydrogens (primary N) is 2. The fourth-order valence-electron chi connectivity index (χ4n) is 6.60. The lowest BCUT2D eigenvalue weighted by Gasteiger charge is -2.26. The highest BCUT2D eigenvalue weighted by atomic mass is 79.9. The molecule has 324 valence electrons. The number of hydrogen-bond acceptors (Lipinski definition) is 11. The van der Waals surface area contributed by atoms with Crippen molar-refractivity contribution in [1.82, 2.24) is 26.2 Å². The Hall–Kier alpha value is -6.04. The van der Waals surface area contributed by atoms with Crippen LogP contribution in [0.4, 0.5) is 4.79 Å². The number of benzene rings is 4. The van der Waals surface area contributed by atoms with Gasteiger partial charge in [0.05, 0.1) is 38.4 Å².